The number of carbonyl (C=O) groups excluding carboxylic acids is 2. The molecule has 0 radical (unpaired) electrons. The number of nitrogens with one attached hydrogen (secondary N) is 1. The van der Waals surface area contributed by atoms with Gasteiger partial charge in [-0.05, 0) is 20.8 Å². The van der Waals surface area contributed by atoms with Crippen molar-refractivity contribution in [2.24, 2.45) is 0 Å². The molecule has 0 aromatic carbocycles. The lowest BCUT2D eigenvalue weighted by atomic mass is 10.4. The number of carbonyl (C=O) groups is 2. The van der Waals surface area contributed by atoms with Gasteiger partial charge >= 0.3 is 5.97 Å². The van der Waals surface area contributed by atoms with Gasteiger partial charge in [0, 0.05) is 13.1 Å². The Bertz CT molecular complexity index is 430. The average Bonchev–Trinajstić information content (AvgIpc) is 2.86. The van der Waals surface area contributed by atoms with Gasteiger partial charge in [0.05, 0.1) is 6.61 Å². The molecule has 1 heterocycles. The van der Waals surface area contributed by atoms with E-state index in [9.17, 15) is 9.59 Å². The zero-order valence-electron chi connectivity index (χ0n) is 11.4. The standard InChI is InChI=1S/C12H19N3O4/c1-4-13-10(16)7-15(5-2)12-14-9(8-19-12)11(17)18-6-3/h8H,4-7H2,1-3H3,(H,13,16). The highest BCUT2D eigenvalue weighted by Crippen LogP contribution is 2.13. The van der Waals surface area contributed by atoms with E-state index in [1.807, 2.05) is 13.8 Å². The van der Waals surface area contributed by atoms with Crippen molar-refractivity contribution >= 4 is 17.9 Å². The molecular weight excluding hydrogens is 250 g/mol. The van der Waals surface area contributed by atoms with Gasteiger partial charge in [0.25, 0.3) is 6.01 Å². The van der Waals surface area contributed by atoms with Crippen LogP contribution in [0.2, 0.25) is 0 Å². The fraction of sp³-hybridized carbons (Fsp3) is 0.583. The molecule has 0 unspecified atom stereocenters. The summed E-state index contributed by atoms with van der Waals surface area (Å²) in [6.45, 7) is 6.94. The molecule has 0 aliphatic heterocycles. The number of anilines is 1. The van der Waals surface area contributed by atoms with Crippen molar-refractivity contribution in [3.8, 4) is 0 Å². The monoisotopic (exact) mass is 269 g/mol. The van der Waals surface area contributed by atoms with Crippen LogP contribution < -0.4 is 10.2 Å². The molecule has 7 heteroatoms. The molecule has 7 nitrogen and oxygen atoms in total. The van der Waals surface area contributed by atoms with Crippen LogP contribution in [0.5, 0.6) is 0 Å². The second-order valence-electron chi connectivity index (χ2n) is 3.70. The van der Waals surface area contributed by atoms with Crippen LogP contribution in [0, 0.1) is 0 Å². The van der Waals surface area contributed by atoms with E-state index in [0.29, 0.717) is 13.1 Å². The largest absolute Gasteiger partial charge is 0.461 e. The zero-order valence-corrected chi connectivity index (χ0v) is 11.4. The molecule has 1 aromatic rings. The molecule has 1 rings (SSSR count). The van der Waals surface area contributed by atoms with Gasteiger partial charge in [0.1, 0.15) is 12.8 Å². The number of hydrogen-bond acceptors (Lipinski definition) is 6. The van der Waals surface area contributed by atoms with Crippen LogP contribution in [0.4, 0.5) is 6.01 Å². The van der Waals surface area contributed by atoms with Crippen molar-refractivity contribution in [2.45, 2.75) is 20.8 Å². The van der Waals surface area contributed by atoms with E-state index in [2.05, 4.69) is 10.3 Å². The maximum atomic E-state index is 11.5. The van der Waals surface area contributed by atoms with Crippen LogP contribution in [0.25, 0.3) is 0 Å². The quantitative estimate of drug-likeness (QED) is 0.737. The minimum absolute atomic E-state index is 0.103. The highest BCUT2D eigenvalue weighted by molar-refractivity contribution is 5.87. The lowest BCUT2D eigenvalue weighted by molar-refractivity contribution is -0.119. The minimum atomic E-state index is -0.536. The number of esters is 1. The lowest BCUT2D eigenvalue weighted by Crippen LogP contribution is -2.37. The van der Waals surface area contributed by atoms with Gasteiger partial charge in [-0.15, -0.1) is 0 Å². The van der Waals surface area contributed by atoms with E-state index in [4.69, 9.17) is 9.15 Å². The topological polar surface area (TPSA) is 84.7 Å². The van der Waals surface area contributed by atoms with Crippen molar-refractivity contribution in [1.82, 2.24) is 10.3 Å². The van der Waals surface area contributed by atoms with E-state index in [1.165, 1.54) is 6.26 Å². The fourth-order valence-electron chi connectivity index (χ4n) is 1.45. The molecule has 0 fully saturated rings. The van der Waals surface area contributed by atoms with Gasteiger partial charge in [-0.1, -0.05) is 0 Å². The summed E-state index contributed by atoms with van der Waals surface area (Å²) in [7, 11) is 0. The Morgan fingerprint density at radius 3 is 2.74 bits per heavy atom. The molecule has 0 saturated heterocycles. The van der Waals surface area contributed by atoms with Gasteiger partial charge < -0.3 is 19.4 Å². The number of hydrogen-bond donors (Lipinski definition) is 1. The van der Waals surface area contributed by atoms with E-state index in [0.717, 1.165) is 0 Å². The van der Waals surface area contributed by atoms with Gasteiger partial charge in [-0.2, -0.15) is 4.98 Å². The summed E-state index contributed by atoms with van der Waals surface area (Å²) in [5.41, 5.74) is 0.103. The first kappa shape index (κ1) is 15.0. The summed E-state index contributed by atoms with van der Waals surface area (Å²) >= 11 is 0. The number of nitrogens with zero attached hydrogens (tertiary/aromatic N) is 2. The SMILES string of the molecule is CCNC(=O)CN(CC)c1nc(C(=O)OCC)co1. The maximum Gasteiger partial charge on any atom is 0.360 e. The Kier molecular flexibility index (Phi) is 5.84. The summed E-state index contributed by atoms with van der Waals surface area (Å²) in [6, 6.07) is 0.233. The Balaban J connectivity index is 2.71. The molecule has 1 N–H and O–H groups in total. The number of aromatic nitrogens is 1. The number of likely N-dealkylation sites (N-methyl/N-ethyl adjacent to an activating group) is 2. The molecule has 1 amide bonds. The highest BCUT2D eigenvalue weighted by atomic mass is 16.5. The van der Waals surface area contributed by atoms with Crippen molar-refractivity contribution in [3.05, 3.63) is 12.0 Å². The number of amides is 1. The molecule has 0 saturated carbocycles. The van der Waals surface area contributed by atoms with Crippen LogP contribution in [0.15, 0.2) is 10.7 Å². The minimum Gasteiger partial charge on any atom is -0.461 e. The van der Waals surface area contributed by atoms with E-state index in [-0.39, 0.29) is 30.8 Å². The third-order valence-corrected chi connectivity index (χ3v) is 2.34. The van der Waals surface area contributed by atoms with Crippen molar-refractivity contribution in [2.75, 3.05) is 31.1 Å². The maximum absolute atomic E-state index is 11.5. The van der Waals surface area contributed by atoms with Crippen LogP contribution in [-0.2, 0) is 9.53 Å². The summed E-state index contributed by atoms with van der Waals surface area (Å²) in [6.07, 6.45) is 1.23. The molecule has 0 atom stereocenters. The number of ether oxygens (including phenoxy) is 1. The Morgan fingerprint density at radius 1 is 1.42 bits per heavy atom. The zero-order chi connectivity index (χ0) is 14.3. The molecular formula is C12H19N3O4. The second-order valence-corrected chi connectivity index (χ2v) is 3.70. The molecule has 0 spiro atoms. The van der Waals surface area contributed by atoms with E-state index in [1.54, 1.807) is 11.8 Å². The summed E-state index contributed by atoms with van der Waals surface area (Å²) < 4.78 is 10.0. The first-order chi connectivity index (χ1) is 9.12. The van der Waals surface area contributed by atoms with Gasteiger partial charge in [-0.25, -0.2) is 4.79 Å². The predicted molar refractivity (Wildman–Crippen MR) is 69.0 cm³/mol. The van der Waals surface area contributed by atoms with Crippen molar-refractivity contribution < 1.29 is 18.7 Å². The van der Waals surface area contributed by atoms with Crippen molar-refractivity contribution in [3.63, 3.8) is 0 Å². The number of rotatable bonds is 7. The molecule has 0 aliphatic rings. The third kappa shape index (κ3) is 4.27. The van der Waals surface area contributed by atoms with Gasteiger partial charge in [0.2, 0.25) is 5.91 Å². The predicted octanol–water partition coefficient (Wildman–Crippen LogP) is 0.814. The highest BCUT2D eigenvalue weighted by Gasteiger charge is 2.18. The van der Waals surface area contributed by atoms with Crippen LogP contribution in [-0.4, -0.2) is 43.1 Å². The first-order valence-corrected chi connectivity index (χ1v) is 6.26. The van der Waals surface area contributed by atoms with E-state index >= 15 is 0 Å². The third-order valence-electron chi connectivity index (χ3n) is 2.34. The van der Waals surface area contributed by atoms with Gasteiger partial charge in [0.15, 0.2) is 5.69 Å². The van der Waals surface area contributed by atoms with Crippen molar-refractivity contribution in [1.29, 1.82) is 0 Å². The Hall–Kier alpha value is -2.05. The smallest absolute Gasteiger partial charge is 0.360 e. The summed E-state index contributed by atoms with van der Waals surface area (Å²) in [5.74, 6) is -0.660. The van der Waals surface area contributed by atoms with Gasteiger partial charge in [-0.3, -0.25) is 4.79 Å². The summed E-state index contributed by atoms with van der Waals surface area (Å²) in [4.78, 5) is 28.6. The fourth-order valence-corrected chi connectivity index (χ4v) is 1.45. The molecule has 106 valence electrons. The summed E-state index contributed by atoms with van der Waals surface area (Å²) in [5, 5.41) is 2.69. The molecule has 0 bridgehead atoms. The number of oxazole rings is 1. The first-order valence-electron chi connectivity index (χ1n) is 6.26. The second kappa shape index (κ2) is 7.40. The Morgan fingerprint density at radius 2 is 2.16 bits per heavy atom. The Labute approximate surface area is 111 Å². The van der Waals surface area contributed by atoms with E-state index < -0.39 is 5.97 Å². The van der Waals surface area contributed by atoms with Crippen LogP contribution >= 0.6 is 0 Å². The normalized spacial score (nSPS) is 10.1. The molecule has 1 aromatic heterocycles. The molecule has 0 aliphatic carbocycles. The molecule has 19 heavy (non-hydrogen) atoms. The van der Waals surface area contributed by atoms with Crippen LogP contribution in [0.3, 0.4) is 0 Å². The average molecular weight is 269 g/mol. The lowest BCUT2D eigenvalue weighted by Gasteiger charge is -2.17. The van der Waals surface area contributed by atoms with Crippen LogP contribution in [0.1, 0.15) is 31.3 Å².